The standard InChI is InChI=1S/C12H25N3O/c1-13-10-12(16)15(9-8-14(2)3)11-6-4-5-7-11/h11,13H,4-10H2,1-3H3. The Kier molecular flexibility index (Phi) is 5.77. The van der Waals surface area contributed by atoms with Gasteiger partial charge in [-0.15, -0.1) is 0 Å². The second kappa shape index (κ2) is 6.86. The lowest BCUT2D eigenvalue weighted by Crippen LogP contribution is -2.45. The monoisotopic (exact) mass is 227 g/mol. The summed E-state index contributed by atoms with van der Waals surface area (Å²) in [4.78, 5) is 16.2. The molecule has 0 spiro atoms. The molecule has 4 nitrogen and oxygen atoms in total. The van der Waals surface area contributed by atoms with Crippen LogP contribution in [0.4, 0.5) is 0 Å². The Morgan fingerprint density at radius 2 is 1.88 bits per heavy atom. The first-order valence-corrected chi connectivity index (χ1v) is 6.24. The van der Waals surface area contributed by atoms with Gasteiger partial charge in [-0.1, -0.05) is 12.8 Å². The van der Waals surface area contributed by atoms with Crippen LogP contribution in [0, 0.1) is 0 Å². The Bertz CT molecular complexity index is 212. The van der Waals surface area contributed by atoms with E-state index < -0.39 is 0 Å². The quantitative estimate of drug-likeness (QED) is 0.719. The molecule has 0 heterocycles. The van der Waals surface area contributed by atoms with Crippen LogP contribution in [0.15, 0.2) is 0 Å². The lowest BCUT2D eigenvalue weighted by Gasteiger charge is -2.30. The molecule has 0 aromatic rings. The smallest absolute Gasteiger partial charge is 0.236 e. The van der Waals surface area contributed by atoms with Gasteiger partial charge in [0.2, 0.25) is 5.91 Å². The Labute approximate surface area is 99.0 Å². The molecule has 0 aromatic carbocycles. The van der Waals surface area contributed by atoms with E-state index in [2.05, 4.69) is 29.2 Å². The number of carbonyl (C=O) groups excluding carboxylic acids is 1. The molecule has 1 amide bonds. The van der Waals surface area contributed by atoms with Crippen LogP contribution >= 0.6 is 0 Å². The molecule has 0 bridgehead atoms. The molecule has 1 aliphatic rings. The number of amides is 1. The van der Waals surface area contributed by atoms with Crippen molar-refractivity contribution >= 4 is 5.91 Å². The SMILES string of the molecule is CNCC(=O)N(CCN(C)C)C1CCCC1. The van der Waals surface area contributed by atoms with E-state index in [4.69, 9.17) is 0 Å². The van der Waals surface area contributed by atoms with E-state index in [-0.39, 0.29) is 5.91 Å². The van der Waals surface area contributed by atoms with Gasteiger partial charge in [0.15, 0.2) is 0 Å². The van der Waals surface area contributed by atoms with Gasteiger partial charge in [0.05, 0.1) is 6.54 Å². The number of hydrogen-bond donors (Lipinski definition) is 1. The summed E-state index contributed by atoms with van der Waals surface area (Å²) < 4.78 is 0. The summed E-state index contributed by atoms with van der Waals surface area (Å²) in [6.45, 7) is 2.27. The second-order valence-electron chi connectivity index (χ2n) is 4.86. The molecule has 94 valence electrons. The molecule has 1 rings (SSSR count). The summed E-state index contributed by atoms with van der Waals surface area (Å²) in [5, 5.41) is 2.95. The fourth-order valence-electron chi connectivity index (χ4n) is 2.29. The number of nitrogens with zero attached hydrogens (tertiary/aromatic N) is 2. The number of likely N-dealkylation sites (N-methyl/N-ethyl adjacent to an activating group) is 2. The van der Waals surface area contributed by atoms with Crippen LogP contribution in [-0.4, -0.2) is 62.5 Å². The van der Waals surface area contributed by atoms with Crippen molar-refractivity contribution in [3.8, 4) is 0 Å². The molecule has 1 fully saturated rings. The summed E-state index contributed by atoms with van der Waals surface area (Å²) in [5.41, 5.74) is 0. The maximum atomic E-state index is 12.0. The molecule has 16 heavy (non-hydrogen) atoms. The topological polar surface area (TPSA) is 35.6 Å². The molecule has 1 N–H and O–H groups in total. The number of rotatable bonds is 6. The Hall–Kier alpha value is -0.610. The number of carbonyl (C=O) groups is 1. The summed E-state index contributed by atoms with van der Waals surface area (Å²) in [7, 11) is 5.93. The summed E-state index contributed by atoms with van der Waals surface area (Å²) in [6, 6.07) is 0.487. The maximum Gasteiger partial charge on any atom is 0.236 e. The van der Waals surface area contributed by atoms with E-state index in [1.165, 1.54) is 25.7 Å². The van der Waals surface area contributed by atoms with Gasteiger partial charge >= 0.3 is 0 Å². The highest BCUT2D eigenvalue weighted by Crippen LogP contribution is 2.23. The van der Waals surface area contributed by atoms with Gasteiger partial charge in [-0.25, -0.2) is 0 Å². The second-order valence-corrected chi connectivity index (χ2v) is 4.86. The van der Waals surface area contributed by atoms with Crippen LogP contribution in [0.5, 0.6) is 0 Å². The first-order valence-electron chi connectivity index (χ1n) is 6.24. The summed E-state index contributed by atoms with van der Waals surface area (Å²) in [6.07, 6.45) is 4.91. The summed E-state index contributed by atoms with van der Waals surface area (Å²) >= 11 is 0. The Balaban J connectivity index is 2.49. The maximum absolute atomic E-state index is 12.0. The number of hydrogen-bond acceptors (Lipinski definition) is 3. The largest absolute Gasteiger partial charge is 0.337 e. The first kappa shape index (κ1) is 13.5. The van der Waals surface area contributed by atoms with Gasteiger partial charge in [-0.05, 0) is 34.0 Å². The van der Waals surface area contributed by atoms with Crippen LogP contribution in [0.3, 0.4) is 0 Å². The molecule has 0 radical (unpaired) electrons. The van der Waals surface area contributed by atoms with Gasteiger partial charge in [0.1, 0.15) is 0 Å². The van der Waals surface area contributed by atoms with E-state index >= 15 is 0 Å². The van der Waals surface area contributed by atoms with Crippen molar-refractivity contribution in [2.24, 2.45) is 0 Å². The predicted octanol–water partition coefficient (Wildman–Crippen LogP) is 0.539. The number of nitrogens with one attached hydrogen (secondary N) is 1. The molecule has 0 aliphatic heterocycles. The van der Waals surface area contributed by atoms with E-state index in [1.54, 1.807) is 0 Å². The molecule has 1 aliphatic carbocycles. The highest BCUT2D eigenvalue weighted by Gasteiger charge is 2.25. The average molecular weight is 227 g/mol. The zero-order valence-corrected chi connectivity index (χ0v) is 10.8. The fraction of sp³-hybridized carbons (Fsp3) is 0.917. The van der Waals surface area contributed by atoms with Crippen LogP contribution in [-0.2, 0) is 4.79 Å². The highest BCUT2D eigenvalue weighted by atomic mass is 16.2. The van der Waals surface area contributed by atoms with Gasteiger partial charge in [-0.2, -0.15) is 0 Å². The van der Waals surface area contributed by atoms with Crippen molar-refractivity contribution in [3.63, 3.8) is 0 Å². The third-order valence-electron chi connectivity index (χ3n) is 3.20. The zero-order chi connectivity index (χ0) is 12.0. The van der Waals surface area contributed by atoms with Crippen molar-refractivity contribution in [3.05, 3.63) is 0 Å². The normalized spacial score (nSPS) is 17.0. The van der Waals surface area contributed by atoms with Crippen LogP contribution in [0.2, 0.25) is 0 Å². The Morgan fingerprint density at radius 1 is 1.25 bits per heavy atom. The minimum Gasteiger partial charge on any atom is -0.337 e. The highest BCUT2D eigenvalue weighted by molar-refractivity contribution is 5.78. The molecule has 0 aromatic heterocycles. The van der Waals surface area contributed by atoms with Gasteiger partial charge in [-0.3, -0.25) is 4.79 Å². The molecule has 4 heteroatoms. The lowest BCUT2D eigenvalue weighted by atomic mass is 10.2. The van der Waals surface area contributed by atoms with E-state index in [9.17, 15) is 4.79 Å². The zero-order valence-electron chi connectivity index (χ0n) is 10.8. The third-order valence-corrected chi connectivity index (χ3v) is 3.20. The molecule has 0 saturated heterocycles. The average Bonchev–Trinajstić information content (AvgIpc) is 2.71. The minimum absolute atomic E-state index is 0.247. The fourth-order valence-corrected chi connectivity index (χ4v) is 2.29. The van der Waals surface area contributed by atoms with Crippen LogP contribution in [0.1, 0.15) is 25.7 Å². The van der Waals surface area contributed by atoms with Crippen LogP contribution < -0.4 is 5.32 Å². The molecule has 0 atom stereocenters. The van der Waals surface area contributed by atoms with Gasteiger partial charge < -0.3 is 15.1 Å². The van der Waals surface area contributed by atoms with E-state index in [0.29, 0.717) is 12.6 Å². The molecule has 0 unspecified atom stereocenters. The van der Waals surface area contributed by atoms with Gasteiger partial charge in [0.25, 0.3) is 0 Å². The molecule has 1 saturated carbocycles. The van der Waals surface area contributed by atoms with Crippen molar-refractivity contribution in [1.82, 2.24) is 15.1 Å². The predicted molar refractivity (Wildman–Crippen MR) is 66.4 cm³/mol. The lowest BCUT2D eigenvalue weighted by molar-refractivity contribution is -0.132. The van der Waals surface area contributed by atoms with Gasteiger partial charge in [0, 0.05) is 19.1 Å². The van der Waals surface area contributed by atoms with Crippen LogP contribution in [0.25, 0.3) is 0 Å². The molecular formula is C12H25N3O. The third kappa shape index (κ3) is 4.10. The van der Waals surface area contributed by atoms with E-state index in [0.717, 1.165) is 13.1 Å². The summed E-state index contributed by atoms with van der Waals surface area (Å²) in [5.74, 6) is 0.247. The first-order chi connectivity index (χ1) is 7.65. The van der Waals surface area contributed by atoms with Crippen molar-refractivity contribution < 1.29 is 4.79 Å². The van der Waals surface area contributed by atoms with Crippen molar-refractivity contribution in [2.75, 3.05) is 40.8 Å². The van der Waals surface area contributed by atoms with Crippen molar-refractivity contribution in [2.45, 2.75) is 31.7 Å². The van der Waals surface area contributed by atoms with Crippen molar-refractivity contribution in [1.29, 1.82) is 0 Å². The van der Waals surface area contributed by atoms with E-state index in [1.807, 2.05) is 7.05 Å². The minimum atomic E-state index is 0.247. The Morgan fingerprint density at radius 3 is 2.38 bits per heavy atom. The molecular weight excluding hydrogens is 202 g/mol.